The molecular weight excluding hydrogens is 210 g/mol. The number of rotatable bonds is 4. The highest BCUT2D eigenvalue weighted by Gasteiger charge is 2.44. The number of aromatic hydroxyl groups is 1. The van der Waals surface area contributed by atoms with E-state index in [1.54, 1.807) is 0 Å². The fourth-order valence-electron chi connectivity index (χ4n) is 2.46. The maximum absolute atomic E-state index is 9.70. The maximum Gasteiger partial charge on any atom is 0.121 e. The van der Waals surface area contributed by atoms with E-state index in [2.05, 4.69) is 31.3 Å². The molecule has 2 rings (SSSR count). The van der Waals surface area contributed by atoms with Crippen LogP contribution in [0.2, 0.25) is 0 Å². The van der Waals surface area contributed by atoms with Crippen LogP contribution in [-0.2, 0) is 6.54 Å². The van der Waals surface area contributed by atoms with Crippen molar-refractivity contribution in [2.75, 3.05) is 6.54 Å². The van der Waals surface area contributed by atoms with E-state index in [-0.39, 0.29) is 0 Å². The van der Waals surface area contributed by atoms with Crippen LogP contribution in [0.5, 0.6) is 5.75 Å². The summed E-state index contributed by atoms with van der Waals surface area (Å²) < 4.78 is 0. The largest absolute Gasteiger partial charge is 0.507 e. The van der Waals surface area contributed by atoms with Gasteiger partial charge in [0.05, 0.1) is 0 Å². The lowest BCUT2D eigenvalue weighted by atomic mass is 10.1. The molecule has 94 valence electrons. The predicted octanol–water partition coefficient (Wildman–Crippen LogP) is 3.14. The fraction of sp³-hybridized carbons (Fsp3) is 0.600. The van der Waals surface area contributed by atoms with Gasteiger partial charge in [-0.25, -0.2) is 0 Å². The van der Waals surface area contributed by atoms with E-state index in [9.17, 15) is 5.11 Å². The van der Waals surface area contributed by atoms with Gasteiger partial charge in [-0.15, -0.1) is 0 Å². The first kappa shape index (κ1) is 12.4. The zero-order valence-electron chi connectivity index (χ0n) is 11.3. The van der Waals surface area contributed by atoms with Crippen LogP contribution in [0.15, 0.2) is 12.1 Å². The summed E-state index contributed by atoms with van der Waals surface area (Å²) in [6.45, 7) is 10.6. The lowest BCUT2D eigenvalue weighted by molar-refractivity contribution is 0.466. The fourth-order valence-corrected chi connectivity index (χ4v) is 2.46. The third-order valence-electron chi connectivity index (χ3n) is 3.99. The molecule has 0 saturated heterocycles. The summed E-state index contributed by atoms with van der Waals surface area (Å²) in [5.41, 5.74) is 3.74. The standard InChI is InChI=1S/C15H23NO/c1-10-5-12(6-11(2)14(10)17)8-16-9-13-7-15(13,3)4/h5-6,13,16-17H,7-9H2,1-4H3. The normalized spacial score (nSPS) is 21.5. The number of benzene rings is 1. The number of phenols is 1. The quantitative estimate of drug-likeness (QED) is 0.837. The topological polar surface area (TPSA) is 32.3 Å². The van der Waals surface area contributed by atoms with Crippen molar-refractivity contribution >= 4 is 0 Å². The van der Waals surface area contributed by atoms with E-state index in [0.29, 0.717) is 11.2 Å². The molecule has 0 spiro atoms. The van der Waals surface area contributed by atoms with Crippen LogP contribution in [0.1, 0.15) is 37.0 Å². The van der Waals surface area contributed by atoms with E-state index in [1.807, 2.05) is 13.8 Å². The van der Waals surface area contributed by atoms with Crippen molar-refractivity contribution < 1.29 is 5.11 Å². The third kappa shape index (κ3) is 2.81. The number of hydrogen-bond acceptors (Lipinski definition) is 2. The Bertz CT molecular complexity index is 400. The van der Waals surface area contributed by atoms with Crippen molar-refractivity contribution in [1.82, 2.24) is 5.32 Å². The van der Waals surface area contributed by atoms with Gasteiger partial charge in [0.2, 0.25) is 0 Å². The molecule has 1 aromatic rings. The minimum Gasteiger partial charge on any atom is -0.507 e. The summed E-state index contributed by atoms with van der Waals surface area (Å²) >= 11 is 0. The molecule has 1 fully saturated rings. The van der Waals surface area contributed by atoms with Crippen LogP contribution in [0.4, 0.5) is 0 Å². The van der Waals surface area contributed by atoms with Gasteiger partial charge in [0.15, 0.2) is 0 Å². The van der Waals surface area contributed by atoms with E-state index in [1.165, 1.54) is 12.0 Å². The lowest BCUT2D eigenvalue weighted by Gasteiger charge is -2.10. The van der Waals surface area contributed by atoms with Gasteiger partial charge in [-0.1, -0.05) is 26.0 Å². The van der Waals surface area contributed by atoms with Crippen molar-refractivity contribution in [3.63, 3.8) is 0 Å². The Balaban J connectivity index is 1.87. The van der Waals surface area contributed by atoms with Crippen LogP contribution in [-0.4, -0.2) is 11.7 Å². The molecule has 0 bridgehead atoms. The predicted molar refractivity (Wildman–Crippen MR) is 71.2 cm³/mol. The maximum atomic E-state index is 9.70. The Morgan fingerprint density at radius 2 is 1.82 bits per heavy atom. The van der Waals surface area contributed by atoms with Crippen molar-refractivity contribution in [1.29, 1.82) is 0 Å². The molecule has 0 amide bonds. The summed E-state index contributed by atoms with van der Waals surface area (Å²) in [5, 5.41) is 13.2. The van der Waals surface area contributed by atoms with E-state index in [4.69, 9.17) is 0 Å². The third-order valence-corrected chi connectivity index (χ3v) is 3.99. The molecule has 1 aliphatic carbocycles. The molecule has 17 heavy (non-hydrogen) atoms. The van der Waals surface area contributed by atoms with Gasteiger partial charge in [0.25, 0.3) is 0 Å². The zero-order valence-corrected chi connectivity index (χ0v) is 11.3. The van der Waals surface area contributed by atoms with Crippen molar-refractivity contribution in [3.8, 4) is 5.75 Å². The Morgan fingerprint density at radius 1 is 1.29 bits per heavy atom. The van der Waals surface area contributed by atoms with Crippen molar-refractivity contribution in [2.24, 2.45) is 11.3 Å². The van der Waals surface area contributed by atoms with Gasteiger partial charge >= 0.3 is 0 Å². The monoisotopic (exact) mass is 233 g/mol. The van der Waals surface area contributed by atoms with E-state index >= 15 is 0 Å². The Morgan fingerprint density at radius 3 is 2.29 bits per heavy atom. The Hall–Kier alpha value is -1.02. The van der Waals surface area contributed by atoms with E-state index in [0.717, 1.165) is 30.1 Å². The SMILES string of the molecule is Cc1cc(CNCC2CC2(C)C)cc(C)c1O. The lowest BCUT2D eigenvalue weighted by Crippen LogP contribution is -2.18. The molecule has 0 aromatic heterocycles. The van der Waals surface area contributed by atoms with E-state index < -0.39 is 0 Å². The first-order chi connectivity index (χ1) is 7.90. The first-order valence-corrected chi connectivity index (χ1v) is 6.40. The number of aryl methyl sites for hydroxylation is 2. The second-order valence-electron chi connectivity index (χ2n) is 6.10. The first-order valence-electron chi connectivity index (χ1n) is 6.40. The molecule has 1 atom stereocenters. The van der Waals surface area contributed by atoms with Crippen LogP contribution in [0.25, 0.3) is 0 Å². The smallest absolute Gasteiger partial charge is 0.121 e. The van der Waals surface area contributed by atoms with Crippen molar-refractivity contribution in [2.45, 2.75) is 40.7 Å². The second kappa shape index (κ2) is 4.34. The van der Waals surface area contributed by atoms with Crippen LogP contribution in [0, 0.1) is 25.2 Å². The number of nitrogens with one attached hydrogen (secondary N) is 1. The summed E-state index contributed by atoms with van der Waals surface area (Å²) in [6, 6.07) is 4.13. The minimum atomic E-state index is 0.428. The summed E-state index contributed by atoms with van der Waals surface area (Å²) in [6.07, 6.45) is 1.34. The highest BCUT2D eigenvalue weighted by molar-refractivity contribution is 5.42. The summed E-state index contributed by atoms with van der Waals surface area (Å²) in [7, 11) is 0. The molecule has 1 saturated carbocycles. The summed E-state index contributed by atoms with van der Waals surface area (Å²) in [4.78, 5) is 0. The van der Waals surface area contributed by atoms with Gasteiger partial charge < -0.3 is 10.4 Å². The second-order valence-corrected chi connectivity index (χ2v) is 6.10. The molecule has 0 radical (unpaired) electrons. The molecule has 2 heteroatoms. The van der Waals surface area contributed by atoms with Crippen molar-refractivity contribution in [3.05, 3.63) is 28.8 Å². The van der Waals surface area contributed by atoms with Gasteiger partial charge in [-0.2, -0.15) is 0 Å². The van der Waals surface area contributed by atoms with Gasteiger partial charge in [0, 0.05) is 6.54 Å². The number of hydrogen-bond donors (Lipinski definition) is 2. The van der Waals surface area contributed by atoms with Gasteiger partial charge in [-0.3, -0.25) is 0 Å². The molecular formula is C15H23NO. The average molecular weight is 233 g/mol. The van der Waals surface area contributed by atoms with Gasteiger partial charge in [0.1, 0.15) is 5.75 Å². The molecule has 0 aliphatic heterocycles. The number of phenolic OH excluding ortho intramolecular Hbond substituents is 1. The molecule has 1 aliphatic rings. The van der Waals surface area contributed by atoms with Crippen LogP contribution >= 0.6 is 0 Å². The molecule has 2 N–H and O–H groups in total. The molecule has 0 heterocycles. The van der Waals surface area contributed by atoms with Crippen LogP contribution in [0.3, 0.4) is 0 Å². The Kier molecular flexibility index (Phi) is 3.17. The average Bonchev–Trinajstić information content (AvgIpc) is 2.83. The Labute approximate surface area is 104 Å². The highest BCUT2D eigenvalue weighted by Crippen LogP contribution is 2.50. The molecule has 1 aromatic carbocycles. The molecule has 1 unspecified atom stereocenters. The zero-order chi connectivity index (χ0) is 12.6. The van der Waals surface area contributed by atoms with Gasteiger partial charge in [-0.05, 0) is 54.8 Å². The van der Waals surface area contributed by atoms with Crippen LogP contribution < -0.4 is 5.32 Å². The minimum absolute atomic E-state index is 0.428. The summed E-state index contributed by atoms with van der Waals surface area (Å²) in [5.74, 6) is 1.26. The highest BCUT2D eigenvalue weighted by atomic mass is 16.3. The molecule has 2 nitrogen and oxygen atoms in total.